The molecule has 0 spiro atoms. The van der Waals surface area contributed by atoms with Gasteiger partial charge in [-0.3, -0.25) is 0 Å². The van der Waals surface area contributed by atoms with Gasteiger partial charge in [0.1, 0.15) is 0 Å². The van der Waals surface area contributed by atoms with Crippen LogP contribution in [0.2, 0.25) is 0 Å². The summed E-state index contributed by atoms with van der Waals surface area (Å²) in [5.74, 6) is 0. The van der Waals surface area contributed by atoms with Crippen molar-refractivity contribution in [1.29, 1.82) is 0 Å². The number of nitrogen functional groups attached to an aromatic ring is 1. The van der Waals surface area contributed by atoms with Gasteiger partial charge in [-0.25, -0.2) is 0 Å². The van der Waals surface area contributed by atoms with Gasteiger partial charge >= 0.3 is 29.6 Å². The number of anilines is 1. The summed E-state index contributed by atoms with van der Waals surface area (Å²) in [6.45, 7) is 0. The molecular formula is C6H5BrNNaS. The molecule has 0 bridgehead atoms. The molecule has 0 atom stereocenters. The predicted molar refractivity (Wildman–Crippen MR) is 44.2 cm³/mol. The first-order valence-electron chi connectivity index (χ1n) is 2.42. The van der Waals surface area contributed by atoms with Crippen molar-refractivity contribution in [2.24, 2.45) is 0 Å². The van der Waals surface area contributed by atoms with E-state index in [2.05, 4.69) is 15.9 Å². The summed E-state index contributed by atoms with van der Waals surface area (Å²) < 4.78 is 0.966. The summed E-state index contributed by atoms with van der Waals surface area (Å²) in [4.78, 5) is 0.707. The monoisotopic (exact) mass is 225 g/mol. The van der Waals surface area contributed by atoms with Gasteiger partial charge in [0.15, 0.2) is 0 Å². The predicted octanol–water partition coefficient (Wildman–Crippen LogP) is -1.06. The zero-order valence-corrected chi connectivity index (χ0v) is 10.00. The number of halogens is 1. The number of rotatable bonds is 0. The third-order valence-electron chi connectivity index (χ3n) is 0.972. The zero-order chi connectivity index (χ0) is 6.85. The first kappa shape index (κ1) is 10.7. The van der Waals surface area contributed by atoms with Crippen LogP contribution in [0, 0.1) is 0 Å². The molecule has 0 fully saturated rings. The minimum atomic E-state index is 0. The van der Waals surface area contributed by atoms with Crippen molar-refractivity contribution >= 4 is 34.2 Å². The van der Waals surface area contributed by atoms with Gasteiger partial charge in [-0.1, -0.05) is 22.0 Å². The van der Waals surface area contributed by atoms with Crippen molar-refractivity contribution in [1.82, 2.24) is 0 Å². The summed E-state index contributed by atoms with van der Waals surface area (Å²) in [7, 11) is 0. The van der Waals surface area contributed by atoms with Crippen molar-refractivity contribution in [3.05, 3.63) is 22.7 Å². The Morgan fingerprint density at radius 2 is 2.00 bits per heavy atom. The van der Waals surface area contributed by atoms with Crippen molar-refractivity contribution in [2.75, 3.05) is 5.73 Å². The van der Waals surface area contributed by atoms with E-state index in [9.17, 15) is 0 Å². The average Bonchev–Trinajstić information content (AvgIpc) is 1.80. The standard InChI is InChI=1S/C6H6BrNS.Na/c7-4-1-2-6(9)5(8)3-4;/h1-3,9H,8H2;/q;+1/p-1. The van der Waals surface area contributed by atoms with Crippen LogP contribution >= 0.6 is 15.9 Å². The summed E-state index contributed by atoms with van der Waals surface area (Å²) >= 11 is 8.14. The Labute approximate surface area is 96.2 Å². The Morgan fingerprint density at radius 1 is 1.40 bits per heavy atom. The molecule has 0 radical (unpaired) electrons. The Morgan fingerprint density at radius 3 is 2.40 bits per heavy atom. The van der Waals surface area contributed by atoms with Crippen LogP contribution in [0.25, 0.3) is 0 Å². The van der Waals surface area contributed by atoms with Crippen LogP contribution in [0.15, 0.2) is 27.6 Å². The van der Waals surface area contributed by atoms with Crippen LogP contribution in [0.5, 0.6) is 0 Å². The smallest absolute Gasteiger partial charge is 0.778 e. The molecule has 4 heteroatoms. The Balaban J connectivity index is 0.000000810. The van der Waals surface area contributed by atoms with Gasteiger partial charge < -0.3 is 18.4 Å². The molecule has 0 aliphatic rings. The normalized spacial score (nSPS) is 8.50. The minimum Gasteiger partial charge on any atom is -0.778 e. The third kappa shape index (κ3) is 2.76. The van der Waals surface area contributed by atoms with E-state index in [0.29, 0.717) is 10.6 Å². The molecule has 0 heterocycles. The molecule has 0 saturated carbocycles. The molecule has 1 aromatic carbocycles. The molecule has 0 amide bonds. The molecule has 0 aliphatic carbocycles. The van der Waals surface area contributed by atoms with Gasteiger partial charge in [-0.15, -0.1) is 0 Å². The van der Waals surface area contributed by atoms with E-state index < -0.39 is 0 Å². The van der Waals surface area contributed by atoms with Gasteiger partial charge in [-0.2, -0.15) is 4.90 Å². The topological polar surface area (TPSA) is 26.0 Å². The van der Waals surface area contributed by atoms with Crippen LogP contribution in [-0.2, 0) is 12.6 Å². The Kier molecular flexibility index (Phi) is 4.90. The van der Waals surface area contributed by atoms with Crippen molar-refractivity contribution in [2.45, 2.75) is 4.90 Å². The third-order valence-corrected chi connectivity index (χ3v) is 1.84. The van der Waals surface area contributed by atoms with Crippen LogP contribution in [0.4, 0.5) is 5.69 Å². The largest absolute Gasteiger partial charge is 1.00 e. The first-order chi connectivity index (χ1) is 4.20. The van der Waals surface area contributed by atoms with E-state index in [4.69, 9.17) is 18.4 Å². The van der Waals surface area contributed by atoms with Crippen LogP contribution in [0.1, 0.15) is 0 Å². The molecule has 1 nitrogen and oxygen atoms in total. The average molecular weight is 226 g/mol. The van der Waals surface area contributed by atoms with E-state index >= 15 is 0 Å². The zero-order valence-electron chi connectivity index (χ0n) is 5.60. The molecule has 2 N–H and O–H groups in total. The van der Waals surface area contributed by atoms with Crippen molar-refractivity contribution < 1.29 is 29.6 Å². The fraction of sp³-hybridized carbons (Fsp3) is 0. The molecular weight excluding hydrogens is 221 g/mol. The molecule has 10 heavy (non-hydrogen) atoms. The molecule has 48 valence electrons. The molecule has 1 rings (SSSR count). The molecule has 0 aliphatic heterocycles. The molecule has 0 unspecified atom stereocenters. The second-order valence-corrected chi connectivity index (χ2v) is 3.04. The van der Waals surface area contributed by atoms with E-state index in [1.807, 2.05) is 6.07 Å². The maximum atomic E-state index is 5.49. The summed E-state index contributed by atoms with van der Waals surface area (Å²) in [6, 6.07) is 5.47. The molecule has 0 aromatic heterocycles. The van der Waals surface area contributed by atoms with Gasteiger partial charge in [0.2, 0.25) is 0 Å². The molecule has 1 aromatic rings. The first-order valence-corrected chi connectivity index (χ1v) is 3.62. The van der Waals surface area contributed by atoms with E-state index in [-0.39, 0.29) is 29.6 Å². The van der Waals surface area contributed by atoms with Gasteiger partial charge in [0.25, 0.3) is 0 Å². The molecule has 0 saturated heterocycles. The second kappa shape index (κ2) is 4.57. The van der Waals surface area contributed by atoms with Crippen molar-refractivity contribution in [3.63, 3.8) is 0 Å². The summed E-state index contributed by atoms with van der Waals surface area (Å²) in [6.07, 6.45) is 0. The van der Waals surface area contributed by atoms with Crippen LogP contribution < -0.4 is 35.3 Å². The fourth-order valence-electron chi connectivity index (χ4n) is 0.519. The Hall–Kier alpha value is 0.720. The number of hydrogen-bond acceptors (Lipinski definition) is 2. The summed E-state index contributed by atoms with van der Waals surface area (Å²) in [5, 5.41) is 0. The number of benzene rings is 1. The minimum absolute atomic E-state index is 0. The summed E-state index contributed by atoms with van der Waals surface area (Å²) in [5.41, 5.74) is 6.14. The van der Waals surface area contributed by atoms with Gasteiger partial charge in [0, 0.05) is 10.2 Å². The van der Waals surface area contributed by atoms with Gasteiger partial charge in [0.05, 0.1) is 0 Å². The van der Waals surface area contributed by atoms with E-state index in [1.54, 1.807) is 12.1 Å². The maximum Gasteiger partial charge on any atom is 1.00 e. The maximum absolute atomic E-state index is 5.49. The van der Waals surface area contributed by atoms with Crippen molar-refractivity contribution in [3.8, 4) is 0 Å². The Bertz CT molecular complexity index is 229. The van der Waals surface area contributed by atoms with E-state index in [0.717, 1.165) is 4.47 Å². The van der Waals surface area contributed by atoms with Crippen LogP contribution in [0.3, 0.4) is 0 Å². The van der Waals surface area contributed by atoms with E-state index in [1.165, 1.54) is 0 Å². The quantitative estimate of drug-likeness (QED) is 0.347. The SMILES string of the molecule is Nc1cc(Br)ccc1[S-].[Na+]. The second-order valence-electron chi connectivity index (χ2n) is 1.68. The van der Waals surface area contributed by atoms with Gasteiger partial charge in [-0.05, 0) is 12.1 Å². The van der Waals surface area contributed by atoms with Crippen LogP contribution in [-0.4, -0.2) is 0 Å². The number of nitrogens with two attached hydrogens (primary N) is 1. The number of hydrogen-bond donors (Lipinski definition) is 1. The fourth-order valence-corrected chi connectivity index (χ4v) is 1.03.